The van der Waals surface area contributed by atoms with Gasteiger partial charge in [-0.1, -0.05) is 24.3 Å². The average Bonchev–Trinajstić information content (AvgIpc) is 2.64. The van der Waals surface area contributed by atoms with Gasteiger partial charge in [0.25, 0.3) is 5.69 Å². The van der Waals surface area contributed by atoms with Crippen molar-refractivity contribution >= 4 is 5.69 Å². The molecule has 1 aliphatic rings. The molecule has 3 rings (SSSR count). The number of nitro benzene ring substituents is 1. The number of nitrogens with two attached hydrogens (primary N) is 1. The summed E-state index contributed by atoms with van der Waals surface area (Å²) >= 11 is 0. The van der Waals surface area contributed by atoms with Gasteiger partial charge in [-0.25, -0.2) is 5.84 Å². The summed E-state index contributed by atoms with van der Waals surface area (Å²) in [6.45, 7) is 5.15. The standard InChI is InChI=1S/C19H23N5O2/c1-15-3-2-10-21-19(15)9-8-18-14-22(11-12-23(18)20)13-16-4-6-17(7-5-16)24(25)26/h2-8,10H,9,11-14,20H2,1H3/b18-8-. The van der Waals surface area contributed by atoms with Gasteiger partial charge in [-0.2, -0.15) is 0 Å². The number of hydrazine groups is 1. The molecule has 7 nitrogen and oxygen atoms in total. The van der Waals surface area contributed by atoms with Gasteiger partial charge >= 0.3 is 0 Å². The van der Waals surface area contributed by atoms with E-state index < -0.39 is 0 Å². The third-order valence-corrected chi connectivity index (χ3v) is 4.61. The maximum atomic E-state index is 10.8. The largest absolute Gasteiger partial charge is 0.313 e. The first-order valence-corrected chi connectivity index (χ1v) is 8.60. The van der Waals surface area contributed by atoms with Crippen molar-refractivity contribution in [3.63, 3.8) is 0 Å². The maximum Gasteiger partial charge on any atom is 0.269 e. The van der Waals surface area contributed by atoms with Gasteiger partial charge in [0, 0.05) is 62.3 Å². The van der Waals surface area contributed by atoms with E-state index in [1.165, 1.54) is 5.56 Å². The van der Waals surface area contributed by atoms with E-state index in [2.05, 4.69) is 29.0 Å². The zero-order valence-electron chi connectivity index (χ0n) is 14.8. The van der Waals surface area contributed by atoms with Crippen LogP contribution in [0.3, 0.4) is 0 Å². The minimum absolute atomic E-state index is 0.117. The predicted octanol–water partition coefficient (Wildman–Crippen LogP) is 2.42. The highest BCUT2D eigenvalue weighted by molar-refractivity contribution is 5.33. The molecule has 1 saturated heterocycles. The fourth-order valence-electron chi connectivity index (χ4n) is 3.04. The van der Waals surface area contributed by atoms with Gasteiger partial charge in [0.05, 0.1) is 4.92 Å². The Morgan fingerprint density at radius 2 is 2.04 bits per heavy atom. The highest BCUT2D eigenvalue weighted by atomic mass is 16.6. The first-order chi connectivity index (χ1) is 12.5. The highest BCUT2D eigenvalue weighted by Crippen LogP contribution is 2.17. The van der Waals surface area contributed by atoms with Gasteiger partial charge in [-0.15, -0.1) is 0 Å². The molecule has 0 amide bonds. The van der Waals surface area contributed by atoms with Crippen LogP contribution >= 0.6 is 0 Å². The molecular formula is C19H23N5O2. The van der Waals surface area contributed by atoms with Gasteiger partial charge in [0.15, 0.2) is 0 Å². The van der Waals surface area contributed by atoms with Crippen LogP contribution in [0.2, 0.25) is 0 Å². The summed E-state index contributed by atoms with van der Waals surface area (Å²) in [6.07, 6.45) is 4.70. The van der Waals surface area contributed by atoms with Crippen LogP contribution in [0.5, 0.6) is 0 Å². The quantitative estimate of drug-likeness (QED) is 0.504. The molecule has 1 aromatic heterocycles. The summed E-state index contributed by atoms with van der Waals surface area (Å²) in [5.41, 5.74) is 4.48. The summed E-state index contributed by atoms with van der Waals surface area (Å²) in [4.78, 5) is 17.1. The normalized spacial score (nSPS) is 16.8. The topological polar surface area (TPSA) is 88.5 Å². The minimum Gasteiger partial charge on any atom is -0.313 e. The SMILES string of the molecule is Cc1cccnc1C/C=C1/CN(Cc2ccc([N+](=O)[O-])cc2)CCN1N. The lowest BCUT2D eigenvalue weighted by molar-refractivity contribution is -0.384. The lowest BCUT2D eigenvalue weighted by atomic mass is 10.1. The Bertz CT molecular complexity index is 804. The van der Waals surface area contributed by atoms with E-state index in [0.29, 0.717) is 0 Å². The second-order valence-electron chi connectivity index (χ2n) is 6.49. The molecule has 0 atom stereocenters. The number of rotatable bonds is 5. The van der Waals surface area contributed by atoms with E-state index in [1.807, 2.05) is 24.4 Å². The van der Waals surface area contributed by atoms with Crippen LogP contribution in [-0.4, -0.2) is 39.5 Å². The fourth-order valence-corrected chi connectivity index (χ4v) is 3.04. The lowest BCUT2D eigenvalue weighted by Gasteiger charge is -2.35. The van der Waals surface area contributed by atoms with Crippen LogP contribution in [0.25, 0.3) is 0 Å². The molecule has 1 aliphatic heterocycles. The molecule has 0 bridgehead atoms. The van der Waals surface area contributed by atoms with Crippen molar-refractivity contribution in [2.24, 2.45) is 5.84 Å². The number of benzene rings is 1. The third-order valence-electron chi connectivity index (χ3n) is 4.61. The molecule has 136 valence electrons. The summed E-state index contributed by atoms with van der Waals surface area (Å²) < 4.78 is 0. The Morgan fingerprint density at radius 1 is 1.27 bits per heavy atom. The van der Waals surface area contributed by atoms with Crippen molar-refractivity contribution in [2.75, 3.05) is 19.6 Å². The van der Waals surface area contributed by atoms with Crippen LogP contribution in [0, 0.1) is 17.0 Å². The van der Waals surface area contributed by atoms with Gasteiger partial charge < -0.3 is 5.01 Å². The number of hydrogen-bond acceptors (Lipinski definition) is 6. The highest BCUT2D eigenvalue weighted by Gasteiger charge is 2.19. The Labute approximate surface area is 152 Å². The number of nitro groups is 1. The van der Waals surface area contributed by atoms with Gasteiger partial charge in [0.1, 0.15) is 0 Å². The molecule has 0 radical (unpaired) electrons. The predicted molar refractivity (Wildman–Crippen MR) is 100 cm³/mol. The third kappa shape index (κ3) is 4.44. The van der Waals surface area contributed by atoms with E-state index in [4.69, 9.17) is 5.84 Å². The Morgan fingerprint density at radius 3 is 2.73 bits per heavy atom. The van der Waals surface area contributed by atoms with Crippen molar-refractivity contribution < 1.29 is 4.92 Å². The molecular weight excluding hydrogens is 330 g/mol. The van der Waals surface area contributed by atoms with E-state index in [-0.39, 0.29) is 10.6 Å². The van der Waals surface area contributed by atoms with Crippen molar-refractivity contribution in [1.29, 1.82) is 0 Å². The fraction of sp³-hybridized carbons (Fsp3) is 0.316. The van der Waals surface area contributed by atoms with Crippen LogP contribution in [-0.2, 0) is 13.0 Å². The van der Waals surface area contributed by atoms with Crippen molar-refractivity contribution in [3.8, 4) is 0 Å². The van der Waals surface area contributed by atoms with Crippen LogP contribution in [0.15, 0.2) is 54.4 Å². The molecule has 1 aromatic carbocycles. The van der Waals surface area contributed by atoms with E-state index >= 15 is 0 Å². The number of nitrogens with zero attached hydrogens (tertiary/aromatic N) is 4. The smallest absolute Gasteiger partial charge is 0.269 e. The molecule has 0 unspecified atom stereocenters. The minimum atomic E-state index is -0.378. The summed E-state index contributed by atoms with van der Waals surface area (Å²) in [6, 6.07) is 10.7. The van der Waals surface area contributed by atoms with Crippen molar-refractivity contribution in [2.45, 2.75) is 19.9 Å². The van der Waals surface area contributed by atoms with E-state index in [1.54, 1.807) is 17.1 Å². The molecule has 2 heterocycles. The molecule has 0 aliphatic carbocycles. The summed E-state index contributed by atoms with van der Waals surface area (Å²) in [7, 11) is 0. The molecule has 0 spiro atoms. The van der Waals surface area contributed by atoms with E-state index in [9.17, 15) is 10.1 Å². The van der Waals surface area contributed by atoms with Crippen molar-refractivity contribution in [1.82, 2.24) is 14.9 Å². The molecule has 7 heteroatoms. The molecule has 1 fully saturated rings. The Balaban J connectivity index is 1.65. The summed E-state index contributed by atoms with van der Waals surface area (Å²) in [5.74, 6) is 6.13. The molecule has 2 N–H and O–H groups in total. The monoisotopic (exact) mass is 353 g/mol. The van der Waals surface area contributed by atoms with Gasteiger partial charge in [-0.3, -0.25) is 20.0 Å². The number of aromatic nitrogens is 1. The molecule has 26 heavy (non-hydrogen) atoms. The number of hydrogen-bond donors (Lipinski definition) is 1. The average molecular weight is 353 g/mol. The molecule has 0 saturated carbocycles. The number of allylic oxidation sites excluding steroid dienone is 1. The second kappa shape index (κ2) is 8.07. The maximum absolute atomic E-state index is 10.8. The number of non-ortho nitro benzene ring substituents is 1. The summed E-state index contributed by atoms with van der Waals surface area (Å²) in [5, 5.41) is 12.6. The zero-order chi connectivity index (χ0) is 18.5. The number of piperazine rings is 1. The van der Waals surface area contributed by atoms with Crippen LogP contribution in [0.1, 0.15) is 16.8 Å². The van der Waals surface area contributed by atoms with Crippen LogP contribution < -0.4 is 5.84 Å². The zero-order valence-corrected chi connectivity index (χ0v) is 14.8. The second-order valence-corrected chi connectivity index (χ2v) is 6.49. The Kier molecular flexibility index (Phi) is 5.60. The number of pyridine rings is 1. The van der Waals surface area contributed by atoms with E-state index in [0.717, 1.165) is 49.6 Å². The van der Waals surface area contributed by atoms with Crippen LogP contribution in [0.4, 0.5) is 5.69 Å². The van der Waals surface area contributed by atoms with Gasteiger partial charge in [-0.05, 0) is 24.1 Å². The van der Waals surface area contributed by atoms with Gasteiger partial charge in [0.2, 0.25) is 0 Å². The Hall–Kier alpha value is -2.77. The van der Waals surface area contributed by atoms with Crippen molar-refractivity contribution in [3.05, 3.63) is 81.3 Å². The molecule has 2 aromatic rings. The lowest BCUT2D eigenvalue weighted by Crippen LogP contribution is -2.47. The number of aryl methyl sites for hydroxylation is 1. The first-order valence-electron chi connectivity index (χ1n) is 8.60. The first kappa shape index (κ1) is 18.0.